The summed E-state index contributed by atoms with van der Waals surface area (Å²) in [6.45, 7) is 12.8. The van der Waals surface area contributed by atoms with Gasteiger partial charge in [0.05, 0.1) is 19.8 Å². The van der Waals surface area contributed by atoms with E-state index in [0.29, 0.717) is 18.5 Å². The summed E-state index contributed by atoms with van der Waals surface area (Å²) in [7, 11) is 0. The molecule has 1 atom stereocenters. The summed E-state index contributed by atoms with van der Waals surface area (Å²) in [6.07, 6.45) is 1.18. The third kappa shape index (κ3) is 5.97. The standard InChI is InChI=1S/C22H35N5O/c1-4-23-22(24-15-19-14-18-7-5-6-8-21(18)26-19)25-16-20(13-17(2)3)27-9-11-28-12-10-27/h5-8,14,17,20,26H,4,9-13,15-16H2,1-3H3,(H2,23,24,25). The molecule has 154 valence electrons. The fraction of sp³-hybridized carbons (Fsp3) is 0.591. The number of guanidine groups is 1. The number of hydrogen-bond donors (Lipinski definition) is 3. The Balaban J connectivity index is 1.61. The molecule has 1 aromatic carbocycles. The van der Waals surface area contributed by atoms with E-state index in [1.165, 1.54) is 11.8 Å². The normalized spacial score (nSPS) is 17.2. The van der Waals surface area contributed by atoms with Crippen molar-refractivity contribution in [1.29, 1.82) is 0 Å². The third-order valence-electron chi connectivity index (χ3n) is 5.15. The molecule has 1 saturated heterocycles. The van der Waals surface area contributed by atoms with E-state index in [1.54, 1.807) is 0 Å². The number of hydrogen-bond acceptors (Lipinski definition) is 3. The van der Waals surface area contributed by atoms with Crippen molar-refractivity contribution in [1.82, 2.24) is 20.5 Å². The molecule has 1 aliphatic rings. The lowest BCUT2D eigenvalue weighted by Gasteiger charge is -2.35. The smallest absolute Gasteiger partial charge is 0.191 e. The second kappa shape index (κ2) is 10.5. The SMILES string of the molecule is CCNC(=NCc1cc2ccccc2[nH]1)NCC(CC(C)C)N1CCOCC1. The fourth-order valence-electron chi connectivity index (χ4n) is 3.79. The summed E-state index contributed by atoms with van der Waals surface area (Å²) in [5.41, 5.74) is 2.29. The van der Waals surface area contributed by atoms with Gasteiger partial charge >= 0.3 is 0 Å². The summed E-state index contributed by atoms with van der Waals surface area (Å²) in [5.74, 6) is 1.55. The lowest BCUT2D eigenvalue weighted by molar-refractivity contribution is 0.0132. The Bertz CT molecular complexity index is 715. The molecule has 0 spiro atoms. The quantitative estimate of drug-likeness (QED) is 0.483. The van der Waals surface area contributed by atoms with Crippen molar-refractivity contribution in [2.24, 2.45) is 10.9 Å². The monoisotopic (exact) mass is 385 g/mol. The van der Waals surface area contributed by atoms with Gasteiger partial charge in [0.1, 0.15) is 0 Å². The maximum atomic E-state index is 5.53. The van der Waals surface area contributed by atoms with E-state index in [1.807, 2.05) is 0 Å². The van der Waals surface area contributed by atoms with E-state index in [-0.39, 0.29) is 0 Å². The van der Waals surface area contributed by atoms with Crippen LogP contribution in [0.4, 0.5) is 0 Å². The van der Waals surface area contributed by atoms with Crippen molar-refractivity contribution in [3.8, 4) is 0 Å². The molecule has 2 aromatic rings. The molecule has 6 heteroatoms. The van der Waals surface area contributed by atoms with Gasteiger partial charge in [0, 0.05) is 43.4 Å². The number of ether oxygens (including phenoxy) is 1. The topological polar surface area (TPSA) is 64.7 Å². The molecule has 1 fully saturated rings. The number of rotatable bonds is 8. The van der Waals surface area contributed by atoms with Crippen LogP contribution in [0.15, 0.2) is 35.3 Å². The van der Waals surface area contributed by atoms with Gasteiger partial charge in [0.2, 0.25) is 0 Å². The molecule has 28 heavy (non-hydrogen) atoms. The third-order valence-corrected chi connectivity index (χ3v) is 5.15. The van der Waals surface area contributed by atoms with E-state index in [2.05, 4.69) is 71.6 Å². The van der Waals surface area contributed by atoms with Crippen LogP contribution in [0.5, 0.6) is 0 Å². The fourth-order valence-corrected chi connectivity index (χ4v) is 3.79. The molecular weight excluding hydrogens is 350 g/mol. The first kappa shape index (κ1) is 20.7. The minimum absolute atomic E-state index is 0.501. The second-order valence-electron chi connectivity index (χ2n) is 7.89. The number of para-hydroxylation sites is 1. The number of aliphatic imine (C=N–C) groups is 1. The van der Waals surface area contributed by atoms with E-state index in [0.717, 1.165) is 56.6 Å². The summed E-state index contributed by atoms with van der Waals surface area (Å²) in [4.78, 5) is 10.8. The number of nitrogens with zero attached hydrogens (tertiary/aromatic N) is 2. The zero-order valence-electron chi connectivity index (χ0n) is 17.5. The van der Waals surface area contributed by atoms with Gasteiger partial charge in [-0.25, -0.2) is 4.99 Å². The highest BCUT2D eigenvalue weighted by atomic mass is 16.5. The van der Waals surface area contributed by atoms with Crippen LogP contribution in [0.25, 0.3) is 10.9 Å². The van der Waals surface area contributed by atoms with Gasteiger partial charge in [-0.1, -0.05) is 32.0 Å². The van der Waals surface area contributed by atoms with Gasteiger partial charge < -0.3 is 20.4 Å². The summed E-state index contributed by atoms with van der Waals surface area (Å²) in [5, 5.41) is 8.18. The van der Waals surface area contributed by atoms with Crippen LogP contribution in [0.3, 0.4) is 0 Å². The predicted molar refractivity (Wildman–Crippen MR) is 117 cm³/mol. The maximum absolute atomic E-state index is 5.53. The summed E-state index contributed by atoms with van der Waals surface area (Å²) >= 11 is 0. The van der Waals surface area contributed by atoms with Gasteiger partial charge in [-0.15, -0.1) is 0 Å². The van der Waals surface area contributed by atoms with Crippen molar-refractivity contribution >= 4 is 16.9 Å². The molecule has 6 nitrogen and oxygen atoms in total. The maximum Gasteiger partial charge on any atom is 0.191 e. The van der Waals surface area contributed by atoms with Crippen molar-refractivity contribution in [3.63, 3.8) is 0 Å². The number of morpholine rings is 1. The van der Waals surface area contributed by atoms with Gasteiger partial charge in [0.15, 0.2) is 5.96 Å². The van der Waals surface area contributed by atoms with Gasteiger partial charge in [-0.05, 0) is 36.8 Å². The minimum atomic E-state index is 0.501. The first-order valence-corrected chi connectivity index (χ1v) is 10.6. The van der Waals surface area contributed by atoms with Gasteiger partial charge in [-0.2, -0.15) is 0 Å². The van der Waals surface area contributed by atoms with Gasteiger partial charge in [0.25, 0.3) is 0 Å². The Morgan fingerprint density at radius 1 is 1.21 bits per heavy atom. The molecule has 0 aliphatic carbocycles. The van der Waals surface area contributed by atoms with Crippen LogP contribution in [-0.2, 0) is 11.3 Å². The highest BCUT2D eigenvalue weighted by molar-refractivity contribution is 5.81. The van der Waals surface area contributed by atoms with Crippen LogP contribution in [-0.4, -0.2) is 61.3 Å². The minimum Gasteiger partial charge on any atom is -0.379 e. The van der Waals surface area contributed by atoms with Crippen LogP contribution in [0, 0.1) is 5.92 Å². The summed E-state index contributed by atoms with van der Waals surface area (Å²) < 4.78 is 5.53. The Labute approximate surface area is 168 Å². The van der Waals surface area contributed by atoms with Crippen molar-refractivity contribution in [2.45, 2.75) is 39.8 Å². The number of H-pyrrole nitrogens is 1. The second-order valence-corrected chi connectivity index (χ2v) is 7.89. The molecule has 1 aromatic heterocycles. The van der Waals surface area contributed by atoms with Crippen LogP contribution in [0.1, 0.15) is 32.9 Å². The zero-order chi connectivity index (χ0) is 19.8. The first-order valence-electron chi connectivity index (χ1n) is 10.6. The zero-order valence-corrected chi connectivity index (χ0v) is 17.5. The molecule has 1 unspecified atom stereocenters. The molecule has 0 amide bonds. The van der Waals surface area contributed by atoms with Gasteiger partial charge in [-0.3, -0.25) is 4.90 Å². The number of fused-ring (bicyclic) bond motifs is 1. The van der Waals surface area contributed by atoms with Crippen molar-refractivity contribution in [2.75, 3.05) is 39.4 Å². The molecule has 3 N–H and O–H groups in total. The Morgan fingerprint density at radius 3 is 2.71 bits per heavy atom. The predicted octanol–water partition coefficient (Wildman–Crippen LogP) is 2.97. The summed E-state index contributed by atoms with van der Waals surface area (Å²) in [6, 6.07) is 11.0. The molecule has 2 heterocycles. The van der Waals surface area contributed by atoms with Crippen molar-refractivity contribution in [3.05, 3.63) is 36.0 Å². The first-order chi connectivity index (χ1) is 13.7. The Hall–Kier alpha value is -2.05. The van der Waals surface area contributed by atoms with Crippen LogP contribution < -0.4 is 10.6 Å². The van der Waals surface area contributed by atoms with Crippen LogP contribution >= 0.6 is 0 Å². The van der Waals surface area contributed by atoms with Crippen LogP contribution in [0.2, 0.25) is 0 Å². The van der Waals surface area contributed by atoms with E-state index in [4.69, 9.17) is 9.73 Å². The largest absolute Gasteiger partial charge is 0.379 e. The van der Waals surface area contributed by atoms with E-state index < -0.39 is 0 Å². The number of aromatic amines is 1. The number of aromatic nitrogens is 1. The average Bonchev–Trinajstić information content (AvgIpc) is 3.12. The molecule has 1 aliphatic heterocycles. The molecule has 0 radical (unpaired) electrons. The lowest BCUT2D eigenvalue weighted by Crippen LogP contribution is -2.51. The van der Waals surface area contributed by atoms with E-state index >= 15 is 0 Å². The molecule has 0 bridgehead atoms. The number of benzene rings is 1. The van der Waals surface area contributed by atoms with Crippen molar-refractivity contribution < 1.29 is 4.74 Å². The molecule has 3 rings (SSSR count). The highest BCUT2D eigenvalue weighted by Gasteiger charge is 2.22. The average molecular weight is 386 g/mol. The lowest BCUT2D eigenvalue weighted by atomic mass is 10.0. The molecule has 0 saturated carbocycles. The Morgan fingerprint density at radius 2 is 2.00 bits per heavy atom. The molecular formula is C22H35N5O. The number of nitrogens with one attached hydrogen (secondary N) is 3. The Kier molecular flexibility index (Phi) is 7.74. The van der Waals surface area contributed by atoms with E-state index in [9.17, 15) is 0 Å². The highest BCUT2D eigenvalue weighted by Crippen LogP contribution is 2.15.